The second-order valence-corrected chi connectivity index (χ2v) is 8.08. The maximum atomic E-state index is 11.5. The first-order chi connectivity index (χ1) is 12.8. The van der Waals surface area contributed by atoms with Crippen LogP contribution in [0.15, 0.2) is 12.3 Å². The normalized spacial score (nSPS) is 21.1. The number of carbonyl (C=O) groups is 1. The van der Waals surface area contributed by atoms with Gasteiger partial charge in [-0.25, -0.2) is 4.98 Å². The molecule has 0 aromatic carbocycles. The van der Waals surface area contributed by atoms with Crippen LogP contribution in [0.2, 0.25) is 0 Å². The Morgan fingerprint density at radius 2 is 1.93 bits per heavy atom. The molecule has 0 spiro atoms. The predicted octanol–water partition coefficient (Wildman–Crippen LogP) is 3.75. The first-order valence-electron chi connectivity index (χ1n) is 9.97. The topological polar surface area (TPSA) is 77.7 Å². The second kappa shape index (κ2) is 9.93. The number of rotatable bonds is 8. The fraction of sp³-hybridized carbons (Fsp3) is 0.714. The van der Waals surface area contributed by atoms with E-state index in [9.17, 15) is 4.79 Å². The number of pyridine rings is 1. The van der Waals surface area contributed by atoms with Crippen LogP contribution in [0.25, 0.3) is 0 Å². The smallest absolute Gasteiger partial charge is 0.306 e. The van der Waals surface area contributed by atoms with Gasteiger partial charge in [-0.1, -0.05) is 20.8 Å². The van der Waals surface area contributed by atoms with Gasteiger partial charge in [0, 0.05) is 25.9 Å². The summed E-state index contributed by atoms with van der Waals surface area (Å²) in [6.07, 6.45) is 6.88. The number of hydrogen-bond acceptors (Lipinski definition) is 6. The summed E-state index contributed by atoms with van der Waals surface area (Å²) in [4.78, 5) is 18.6. The standard InChI is InChI=1S/C21H35N3O3/c1-14(2)13-24(17-6-8-18(26-4)9-7-17)21-19(22)11-16(12-23-21)15(3)10-20(25)27-5/h11-12,14-15,17-18H,6-10,13,22H2,1-5H3/t15-,17-,18-/m1/s1. The quantitative estimate of drug-likeness (QED) is 0.695. The Hall–Kier alpha value is -1.82. The highest BCUT2D eigenvalue weighted by atomic mass is 16.5. The van der Waals surface area contributed by atoms with Gasteiger partial charge in [-0.2, -0.15) is 0 Å². The SMILES string of the molecule is COC(=O)C[C@@H](C)c1cnc(N(CC(C)C)[C@H]2CC[C@H](OC)CC2)c(N)c1. The third-order valence-corrected chi connectivity index (χ3v) is 5.44. The Morgan fingerprint density at radius 3 is 2.44 bits per heavy atom. The van der Waals surface area contributed by atoms with E-state index in [1.807, 2.05) is 19.2 Å². The summed E-state index contributed by atoms with van der Waals surface area (Å²) in [6, 6.07) is 2.40. The molecule has 0 amide bonds. The zero-order valence-corrected chi connectivity index (χ0v) is 17.4. The molecule has 0 aliphatic heterocycles. The van der Waals surface area contributed by atoms with Gasteiger partial charge in [0.05, 0.1) is 25.3 Å². The minimum absolute atomic E-state index is 0.0250. The summed E-state index contributed by atoms with van der Waals surface area (Å²) < 4.78 is 10.3. The fourth-order valence-corrected chi connectivity index (χ4v) is 3.85. The Labute approximate surface area is 163 Å². The highest BCUT2D eigenvalue weighted by Gasteiger charge is 2.28. The molecule has 152 valence electrons. The molecule has 1 fully saturated rings. The van der Waals surface area contributed by atoms with E-state index in [1.54, 1.807) is 7.11 Å². The van der Waals surface area contributed by atoms with Crippen molar-refractivity contribution >= 4 is 17.5 Å². The summed E-state index contributed by atoms with van der Waals surface area (Å²) in [5, 5.41) is 0. The average molecular weight is 378 g/mol. The summed E-state index contributed by atoms with van der Waals surface area (Å²) in [5.41, 5.74) is 8.06. The molecule has 27 heavy (non-hydrogen) atoms. The first-order valence-corrected chi connectivity index (χ1v) is 9.97. The van der Waals surface area contributed by atoms with Gasteiger partial charge < -0.3 is 20.1 Å². The largest absolute Gasteiger partial charge is 0.469 e. The van der Waals surface area contributed by atoms with Crippen LogP contribution in [0.1, 0.15) is 64.4 Å². The van der Waals surface area contributed by atoms with E-state index in [1.165, 1.54) is 7.11 Å². The number of nitrogen functional groups attached to an aromatic ring is 1. The lowest BCUT2D eigenvalue weighted by atomic mass is 9.91. The van der Waals surface area contributed by atoms with Crippen molar-refractivity contribution in [1.82, 2.24) is 4.98 Å². The molecule has 0 radical (unpaired) electrons. The molecule has 1 saturated carbocycles. The predicted molar refractivity (Wildman–Crippen MR) is 109 cm³/mol. The lowest BCUT2D eigenvalue weighted by Crippen LogP contribution is -2.42. The fourth-order valence-electron chi connectivity index (χ4n) is 3.85. The Kier molecular flexibility index (Phi) is 7.90. The molecule has 0 saturated heterocycles. The van der Waals surface area contributed by atoms with Crippen LogP contribution >= 0.6 is 0 Å². The number of nitrogens with zero attached hydrogens (tertiary/aromatic N) is 2. The van der Waals surface area contributed by atoms with Gasteiger partial charge in [0.1, 0.15) is 0 Å². The van der Waals surface area contributed by atoms with Gasteiger partial charge in [0.15, 0.2) is 5.82 Å². The highest BCUT2D eigenvalue weighted by Crippen LogP contribution is 2.33. The van der Waals surface area contributed by atoms with Crippen molar-refractivity contribution < 1.29 is 14.3 Å². The van der Waals surface area contributed by atoms with Gasteiger partial charge in [-0.15, -0.1) is 0 Å². The number of ether oxygens (including phenoxy) is 2. The maximum absolute atomic E-state index is 11.5. The van der Waals surface area contributed by atoms with Crippen molar-refractivity contribution in [3.05, 3.63) is 17.8 Å². The lowest BCUT2D eigenvalue weighted by molar-refractivity contribution is -0.140. The minimum atomic E-state index is -0.221. The maximum Gasteiger partial charge on any atom is 0.306 e. The molecule has 1 aliphatic carbocycles. The van der Waals surface area contributed by atoms with E-state index in [4.69, 9.17) is 20.2 Å². The van der Waals surface area contributed by atoms with Crippen LogP contribution in [0, 0.1) is 5.92 Å². The molecule has 1 aromatic heterocycles. The molecule has 6 heteroatoms. The van der Waals surface area contributed by atoms with Crippen molar-refractivity contribution in [1.29, 1.82) is 0 Å². The molecule has 1 aromatic rings. The Balaban J connectivity index is 2.19. The van der Waals surface area contributed by atoms with E-state index in [0.717, 1.165) is 43.6 Å². The monoisotopic (exact) mass is 377 g/mol. The Bertz CT molecular complexity index is 613. The second-order valence-electron chi connectivity index (χ2n) is 8.08. The summed E-state index contributed by atoms with van der Waals surface area (Å²) in [5.74, 6) is 1.18. The van der Waals surface area contributed by atoms with Gasteiger partial charge >= 0.3 is 5.97 Å². The molecule has 2 rings (SSSR count). The molecule has 1 atom stereocenters. The van der Waals surface area contributed by atoms with Crippen molar-refractivity contribution in [3.8, 4) is 0 Å². The third kappa shape index (κ3) is 5.83. The molecular formula is C21H35N3O3. The Morgan fingerprint density at radius 1 is 1.26 bits per heavy atom. The molecule has 1 heterocycles. The number of nitrogens with two attached hydrogens (primary N) is 1. The number of hydrogen-bond donors (Lipinski definition) is 1. The molecule has 0 unspecified atom stereocenters. The number of esters is 1. The molecule has 0 bridgehead atoms. The molecule has 2 N–H and O–H groups in total. The van der Waals surface area contributed by atoms with Crippen molar-refractivity contribution in [2.24, 2.45) is 5.92 Å². The average Bonchev–Trinajstić information content (AvgIpc) is 2.66. The van der Waals surface area contributed by atoms with E-state index >= 15 is 0 Å². The van der Waals surface area contributed by atoms with Gasteiger partial charge in [-0.3, -0.25) is 4.79 Å². The van der Waals surface area contributed by atoms with Gasteiger partial charge in [-0.05, 0) is 49.1 Å². The van der Waals surface area contributed by atoms with Crippen LogP contribution in [0.5, 0.6) is 0 Å². The molecule has 6 nitrogen and oxygen atoms in total. The molecule has 1 aliphatic rings. The summed E-state index contributed by atoms with van der Waals surface area (Å²) in [7, 11) is 3.21. The van der Waals surface area contributed by atoms with Crippen LogP contribution in [-0.4, -0.2) is 43.9 Å². The van der Waals surface area contributed by atoms with Gasteiger partial charge in [0.2, 0.25) is 0 Å². The zero-order chi connectivity index (χ0) is 20.0. The zero-order valence-electron chi connectivity index (χ0n) is 17.4. The first kappa shape index (κ1) is 21.5. The van der Waals surface area contributed by atoms with Crippen molar-refractivity contribution in [3.63, 3.8) is 0 Å². The van der Waals surface area contributed by atoms with Crippen LogP contribution in [0.4, 0.5) is 11.5 Å². The summed E-state index contributed by atoms with van der Waals surface area (Å²) in [6.45, 7) is 7.36. The van der Waals surface area contributed by atoms with E-state index < -0.39 is 0 Å². The number of anilines is 2. The van der Waals surface area contributed by atoms with Crippen LogP contribution in [0.3, 0.4) is 0 Å². The van der Waals surface area contributed by atoms with Crippen LogP contribution < -0.4 is 10.6 Å². The van der Waals surface area contributed by atoms with Crippen molar-refractivity contribution in [2.75, 3.05) is 31.4 Å². The van der Waals surface area contributed by atoms with Gasteiger partial charge in [0.25, 0.3) is 0 Å². The number of methoxy groups -OCH3 is 2. The van der Waals surface area contributed by atoms with E-state index in [2.05, 4.69) is 18.7 Å². The molecular weight excluding hydrogens is 342 g/mol. The lowest BCUT2D eigenvalue weighted by Gasteiger charge is -2.39. The number of aromatic nitrogens is 1. The highest BCUT2D eigenvalue weighted by molar-refractivity contribution is 5.71. The third-order valence-electron chi connectivity index (χ3n) is 5.44. The summed E-state index contributed by atoms with van der Waals surface area (Å²) >= 11 is 0. The number of carbonyl (C=O) groups excluding carboxylic acids is 1. The van der Waals surface area contributed by atoms with E-state index in [0.29, 0.717) is 30.2 Å². The van der Waals surface area contributed by atoms with Crippen LogP contribution in [-0.2, 0) is 14.3 Å². The minimum Gasteiger partial charge on any atom is -0.469 e. The van der Waals surface area contributed by atoms with Crippen molar-refractivity contribution in [2.45, 2.75) is 70.9 Å². The van der Waals surface area contributed by atoms with E-state index in [-0.39, 0.29) is 11.9 Å².